The lowest BCUT2D eigenvalue weighted by molar-refractivity contribution is 0.147. The number of amides is 1. The molecule has 1 aliphatic heterocycles. The van der Waals surface area contributed by atoms with Gasteiger partial charge in [-0.3, -0.25) is 4.90 Å². The molecule has 0 aliphatic carbocycles. The quantitative estimate of drug-likeness (QED) is 0.618. The standard InChI is InChI=1S/C21H19NO2S/c1-15-13-17-11-12-22(19-10-6-5-9-18(19)20(17)25-15)21(23)24-14-16-7-3-2-4-8-16/h2-10,13H,11-12,14H2,1H3. The van der Waals surface area contributed by atoms with Crippen LogP contribution in [-0.2, 0) is 17.8 Å². The molecule has 25 heavy (non-hydrogen) atoms. The highest BCUT2D eigenvalue weighted by atomic mass is 32.1. The molecule has 3 aromatic rings. The molecule has 0 atom stereocenters. The maximum atomic E-state index is 12.7. The number of hydrogen-bond donors (Lipinski definition) is 0. The van der Waals surface area contributed by atoms with E-state index < -0.39 is 0 Å². The van der Waals surface area contributed by atoms with Crippen LogP contribution in [0.5, 0.6) is 0 Å². The van der Waals surface area contributed by atoms with Crippen molar-refractivity contribution >= 4 is 23.1 Å². The van der Waals surface area contributed by atoms with Crippen molar-refractivity contribution in [3.8, 4) is 10.4 Å². The van der Waals surface area contributed by atoms with Crippen molar-refractivity contribution in [2.24, 2.45) is 0 Å². The Hall–Kier alpha value is -2.59. The molecule has 1 aliphatic rings. The lowest BCUT2D eigenvalue weighted by Crippen LogP contribution is -2.33. The van der Waals surface area contributed by atoms with E-state index in [1.165, 1.54) is 15.3 Å². The zero-order chi connectivity index (χ0) is 17.2. The first-order chi connectivity index (χ1) is 12.2. The first-order valence-electron chi connectivity index (χ1n) is 8.39. The molecule has 0 saturated heterocycles. The molecule has 2 aromatic carbocycles. The summed E-state index contributed by atoms with van der Waals surface area (Å²) in [5.41, 5.74) is 4.35. The third-order valence-corrected chi connectivity index (χ3v) is 5.53. The first kappa shape index (κ1) is 15.9. The van der Waals surface area contributed by atoms with Crippen molar-refractivity contribution < 1.29 is 9.53 Å². The number of fused-ring (bicyclic) bond motifs is 3. The van der Waals surface area contributed by atoms with E-state index in [-0.39, 0.29) is 6.09 Å². The van der Waals surface area contributed by atoms with Crippen LogP contribution in [0.1, 0.15) is 16.0 Å². The predicted octanol–water partition coefficient (Wildman–Crippen LogP) is 5.42. The molecule has 0 fully saturated rings. The van der Waals surface area contributed by atoms with E-state index in [9.17, 15) is 4.79 Å². The molecule has 3 nitrogen and oxygen atoms in total. The topological polar surface area (TPSA) is 29.5 Å². The molecule has 0 bridgehead atoms. The number of nitrogens with zero attached hydrogens (tertiary/aromatic N) is 1. The van der Waals surface area contributed by atoms with Crippen molar-refractivity contribution in [3.05, 3.63) is 76.7 Å². The van der Waals surface area contributed by atoms with Crippen molar-refractivity contribution in [2.45, 2.75) is 20.0 Å². The van der Waals surface area contributed by atoms with Crippen LogP contribution < -0.4 is 4.90 Å². The molecule has 126 valence electrons. The summed E-state index contributed by atoms with van der Waals surface area (Å²) in [5, 5.41) is 0. The summed E-state index contributed by atoms with van der Waals surface area (Å²) in [7, 11) is 0. The third kappa shape index (κ3) is 3.17. The Balaban J connectivity index is 1.61. The highest BCUT2D eigenvalue weighted by Crippen LogP contribution is 2.41. The zero-order valence-electron chi connectivity index (χ0n) is 14.1. The molecule has 1 amide bonds. The monoisotopic (exact) mass is 349 g/mol. The van der Waals surface area contributed by atoms with Gasteiger partial charge in [-0.2, -0.15) is 0 Å². The number of aryl methyl sites for hydroxylation is 1. The van der Waals surface area contributed by atoms with E-state index in [0.717, 1.165) is 23.2 Å². The van der Waals surface area contributed by atoms with Gasteiger partial charge in [-0.15, -0.1) is 11.3 Å². The Morgan fingerprint density at radius 3 is 2.72 bits per heavy atom. The maximum Gasteiger partial charge on any atom is 0.414 e. The van der Waals surface area contributed by atoms with E-state index >= 15 is 0 Å². The summed E-state index contributed by atoms with van der Waals surface area (Å²) < 4.78 is 5.57. The van der Waals surface area contributed by atoms with E-state index in [4.69, 9.17) is 4.74 Å². The molecule has 0 radical (unpaired) electrons. The van der Waals surface area contributed by atoms with Gasteiger partial charge < -0.3 is 4.74 Å². The van der Waals surface area contributed by atoms with Crippen LogP contribution in [0.2, 0.25) is 0 Å². The Morgan fingerprint density at radius 1 is 1.12 bits per heavy atom. The summed E-state index contributed by atoms with van der Waals surface area (Å²) in [4.78, 5) is 17.1. The van der Waals surface area contributed by atoms with Gasteiger partial charge in [-0.25, -0.2) is 4.79 Å². The fraction of sp³-hybridized carbons (Fsp3) is 0.190. The van der Waals surface area contributed by atoms with Crippen LogP contribution in [0.4, 0.5) is 10.5 Å². The minimum absolute atomic E-state index is 0.289. The van der Waals surface area contributed by atoms with Gasteiger partial charge in [-0.05, 0) is 36.6 Å². The third-order valence-electron chi connectivity index (χ3n) is 4.40. The maximum absolute atomic E-state index is 12.7. The molecule has 0 unspecified atom stereocenters. The summed E-state index contributed by atoms with van der Waals surface area (Å²) in [6.45, 7) is 3.06. The van der Waals surface area contributed by atoms with Crippen LogP contribution in [-0.4, -0.2) is 12.6 Å². The van der Waals surface area contributed by atoms with Crippen molar-refractivity contribution in [1.29, 1.82) is 0 Å². The summed E-state index contributed by atoms with van der Waals surface area (Å²) >= 11 is 1.79. The second-order valence-electron chi connectivity index (χ2n) is 6.17. The molecule has 4 heteroatoms. The average molecular weight is 349 g/mol. The molecular formula is C21H19NO2S. The molecule has 4 rings (SSSR count). The summed E-state index contributed by atoms with van der Waals surface area (Å²) in [6, 6.07) is 20.1. The second kappa shape index (κ2) is 6.73. The minimum Gasteiger partial charge on any atom is -0.444 e. The highest BCUT2D eigenvalue weighted by molar-refractivity contribution is 7.15. The number of ether oxygens (including phenoxy) is 1. The van der Waals surface area contributed by atoms with Crippen LogP contribution in [0.3, 0.4) is 0 Å². The second-order valence-corrected chi connectivity index (χ2v) is 7.43. The largest absolute Gasteiger partial charge is 0.444 e. The number of para-hydroxylation sites is 1. The van der Waals surface area contributed by atoms with Gasteiger partial charge in [0.1, 0.15) is 6.61 Å². The number of hydrogen-bond acceptors (Lipinski definition) is 3. The number of thiophene rings is 1. The van der Waals surface area contributed by atoms with Crippen molar-refractivity contribution in [3.63, 3.8) is 0 Å². The minimum atomic E-state index is -0.289. The lowest BCUT2D eigenvalue weighted by atomic mass is 10.1. The van der Waals surface area contributed by atoms with Crippen molar-refractivity contribution in [2.75, 3.05) is 11.4 Å². The fourth-order valence-corrected chi connectivity index (χ4v) is 4.32. The van der Waals surface area contributed by atoms with Gasteiger partial charge in [0.25, 0.3) is 0 Å². The smallest absolute Gasteiger partial charge is 0.414 e. The fourth-order valence-electron chi connectivity index (χ4n) is 3.22. The highest BCUT2D eigenvalue weighted by Gasteiger charge is 2.26. The van der Waals surface area contributed by atoms with Gasteiger partial charge in [-0.1, -0.05) is 48.5 Å². The van der Waals surface area contributed by atoms with E-state index in [1.807, 2.05) is 48.5 Å². The van der Waals surface area contributed by atoms with E-state index in [0.29, 0.717) is 13.2 Å². The van der Waals surface area contributed by atoms with Crippen molar-refractivity contribution in [1.82, 2.24) is 0 Å². The number of rotatable bonds is 2. The number of anilines is 1. The van der Waals surface area contributed by atoms with Gasteiger partial charge in [0.2, 0.25) is 0 Å². The summed E-state index contributed by atoms with van der Waals surface area (Å²) in [6.07, 6.45) is 0.553. The number of carbonyl (C=O) groups is 1. The Labute approximate surface area is 151 Å². The molecular weight excluding hydrogens is 330 g/mol. The predicted molar refractivity (Wildman–Crippen MR) is 102 cm³/mol. The average Bonchev–Trinajstić information content (AvgIpc) is 2.95. The molecule has 1 aromatic heterocycles. The SMILES string of the molecule is Cc1cc2c(s1)-c1ccccc1N(C(=O)OCc1ccccc1)CC2. The zero-order valence-corrected chi connectivity index (χ0v) is 14.9. The van der Waals surface area contributed by atoms with Gasteiger partial charge in [0.05, 0.1) is 5.69 Å². The van der Waals surface area contributed by atoms with Gasteiger partial charge >= 0.3 is 6.09 Å². The lowest BCUT2D eigenvalue weighted by Gasteiger charge is -2.22. The molecule has 2 heterocycles. The van der Waals surface area contributed by atoms with Gasteiger partial charge in [0.15, 0.2) is 0 Å². The Bertz CT molecular complexity index is 901. The first-order valence-corrected chi connectivity index (χ1v) is 9.21. The van der Waals surface area contributed by atoms with Crippen LogP contribution in [0.25, 0.3) is 10.4 Å². The van der Waals surface area contributed by atoms with Gasteiger partial charge in [0, 0.05) is 21.9 Å². The molecule has 0 saturated carbocycles. The Kier molecular flexibility index (Phi) is 4.28. The number of benzene rings is 2. The van der Waals surface area contributed by atoms with E-state index in [1.54, 1.807) is 16.2 Å². The normalized spacial score (nSPS) is 12.9. The van der Waals surface area contributed by atoms with E-state index in [2.05, 4.69) is 19.1 Å². The van der Waals surface area contributed by atoms with Crippen LogP contribution >= 0.6 is 11.3 Å². The summed E-state index contributed by atoms with van der Waals surface area (Å²) in [5.74, 6) is 0. The van der Waals surface area contributed by atoms with Crippen LogP contribution in [0.15, 0.2) is 60.7 Å². The van der Waals surface area contributed by atoms with Crippen LogP contribution in [0, 0.1) is 6.92 Å². The molecule has 0 spiro atoms. The number of carbonyl (C=O) groups excluding carboxylic acids is 1. The molecule has 0 N–H and O–H groups in total. The Morgan fingerprint density at radius 2 is 1.88 bits per heavy atom.